The van der Waals surface area contributed by atoms with Gasteiger partial charge in [-0.2, -0.15) is 0 Å². The molecule has 0 spiro atoms. The molecule has 0 radical (unpaired) electrons. The van der Waals surface area contributed by atoms with Gasteiger partial charge >= 0.3 is 0 Å². The van der Waals surface area contributed by atoms with Crippen LogP contribution in [0.3, 0.4) is 0 Å². The van der Waals surface area contributed by atoms with Gasteiger partial charge in [0, 0.05) is 13.5 Å². The van der Waals surface area contributed by atoms with Gasteiger partial charge in [0.1, 0.15) is 12.6 Å². The minimum atomic E-state index is -0.289. The van der Waals surface area contributed by atoms with E-state index in [1.807, 2.05) is 34.7 Å². The molecule has 0 aliphatic rings. The number of aliphatic hydroxyl groups excluding tert-OH is 1. The van der Waals surface area contributed by atoms with E-state index >= 15 is 0 Å². The molecule has 198 valence electrons. The Morgan fingerprint density at radius 2 is 1.06 bits per heavy atom. The second-order valence-corrected chi connectivity index (χ2v) is 7.24. The molecule has 32 heavy (non-hydrogen) atoms. The fourth-order valence-corrected chi connectivity index (χ4v) is 2.80. The highest BCUT2D eigenvalue weighted by Gasteiger charge is 1.95. The van der Waals surface area contributed by atoms with Crippen LogP contribution in [-0.4, -0.2) is 44.4 Å². The summed E-state index contributed by atoms with van der Waals surface area (Å²) < 4.78 is 0. The lowest BCUT2D eigenvalue weighted by molar-refractivity contribution is -0.109. The minimum Gasteiger partial charge on any atom is -0.400 e. The Balaban J connectivity index is -0.000000145. The minimum absolute atomic E-state index is 0.289. The van der Waals surface area contributed by atoms with E-state index in [2.05, 4.69) is 12.2 Å². The van der Waals surface area contributed by atoms with Crippen LogP contribution in [0.4, 0.5) is 0 Å². The van der Waals surface area contributed by atoms with Crippen LogP contribution in [-0.2, 0) is 9.59 Å². The van der Waals surface area contributed by atoms with E-state index in [1.54, 1.807) is 0 Å². The second kappa shape index (κ2) is 52.3. The van der Waals surface area contributed by atoms with Crippen molar-refractivity contribution in [1.82, 2.24) is 5.32 Å². The molecule has 0 heterocycles. The van der Waals surface area contributed by atoms with Crippen molar-refractivity contribution in [2.75, 3.05) is 20.7 Å². The average Bonchev–Trinajstić information content (AvgIpc) is 2.86. The second-order valence-electron chi connectivity index (χ2n) is 7.24. The number of unbranched alkanes of at least 4 members (excludes halogenated alkanes) is 14. The molecule has 0 fully saturated rings. The topological polar surface area (TPSA) is 92.4 Å². The van der Waals surface area contributed by atoms with Gasteiger partial charge < -0.3 is 25.7 Å². The molecule has 0 aliphatic heterocycles. The van der Waals surface area contributed by atoms with Crippen molar-refractivity contribution >= 4 is 12.6 Å². The van der Waals surface area contributed by atoms with Gasteiger partial charge in [-0.1, -0.05) is 118 Å². The third-order valence-electron chi connectivity index (χ3n) is 4.58. The molecule has 0 aromatic carbocycles. The van der Waals surface area contributed by atoms with E-state index < -0.39 is 0 Å². The molecular formula is C27H62N2O3. The van der Waals surface area contributed by atoms with Crippen LogP contribution < -0.4 is 11.1 Å². The van der Waals surface area contributed by atoms with Crippen molar-refractivity contribution in [2.24, 2.45) is 5.73 Å². The van der Waals surface area contributed by atoms with Crippen LogP contribution in [0.15, 0.2) is 0 Å². The van der Waals surface area contributed by atoms with Gasteiger partial charge in [0.05, 0.1) is 6.04 Å². The van der Waals surface area contributed by atoms with Gasteiger partial charge in [-0.05, 0) is 26.4 Å². The van der Waals surface area contributed by atoms with Crippen LogP contribution in [0.25, 0.3) is 0 Å². The summed E-state index contributed by atoms with van der Waals surface area (Å²) in [4.78, 5) is 20.0. The van der Waals surface area contributed by atoms with Crippen LogP contribution in [0, 0.1) is 0 Å². The SMILES string of the molecule is CC.CC.CCCCCCCCCCCCCCCCC=O.CNCCC(N)C=O.CO. The summed E-state index contributed by atoms with van der Waals surface area (Å²) in [6.07, 6.45) is 22.6. The lowest BCUT2D eigenvalue weighted by Gasteiger charge is -2.02. The Morgan fingerprint density at radius 1 is 0.719 bits per heavy atom. The first-order valence-electron chi connectivity index (χ1n) is 13.5. The lowest BCUT2D eigenvalue weighted by Crippen LogP contribution is -2.25. The fraction of sp³-hybridized carbons (Fsp3) is 0.926. The van der Waals surface area contributed by atoms with Crippen molar-refractivity contribution in [3.63, 3.8) is 0 Å². The van der Waals surface area contributed by atoms with E-state index in [4.69, 9.17) is 10.8 Å². The highest BCUT2D eigenvalue weighted by Crippen LogP contribution is 2.13. The van der Waals surface area contributed by atoms with Crippen molar-refractivity contribution in [1.29, 1.82) is 0 Å². The summed E-state index contributed by atoms with van der Waals surface area (Å²) in [6, 6.07) is -0.289. The molecule has 0 rings (SSSR count). The number of hydrogen-bond acceptors (Lipinski definition) is 5. The Labute approximate surface area is 202 Å². The fourth-order valence-electron chi connectivity index (χ4n) is 2.80. The van der Waals surface area contributed by atoms with E-state index in [0.29, 0.717) is 0 Å². The van der Waals surface area contributed by atoms with Gasteiger partial charge in [-0.3, -0.25) is 0 Å². The van der Waals surface area contributed by atoms with Gasteiger partial charge in [0.25, 0.3) is 0 Å². The Hall–Kier alpha value is -0.780. The number of aldehydes is 2. The zero-order valence-electron chi connectivity index (χ0n) is 23.1. The highest BCUT2D eigenvalue weighted by molar-refractivity contribution is 5.56. The summed E-state index contributed by atoms with van der Waals surface area (Å²) in [5.41, 5.74) is 5.25. The Kier molecular flexibility index (Phi) is 67.7. The first-order chi connectivity index (χ1) is 15.7. The standard InChI is InChI=1S/C17H34O.C5H12N2O.2C2H6.CH4O/c1-2-3-4-5-6-7-8-9-10-11-12-13-14-15-16-17-18;1-7-3-2-5(6)4-8;3*1-2/h17H,2-16H2,1H3;4-5,7H,2-3,6H2,1H3;2*1-2H3;2H,1H3. The number of hydrogen-bond donors (Lipinski definition) is 3. The van der Waals surface area contributed by atoms with Crippen molar-refractivity contribution < 1.29 is 14.7 Å². The average molecular weight is 463 g/mol. The molecule has 0 amide bonds. The number of nitrogens with two attached hydrogens (primary N) is 1. The molecule has 0 aromatic rings. The normalized spacial score (nSPS) is 9.91. The summed E-state index contributed by atoms with van der Waals surface area (Å²) in [7, 11) is 2.83. The van der Waals surface area contributed by atoms with Crippen LogP contribution >= 0.6 is 0 Å². The number of nitrogens with one attached hydrogen (secondary N) is 1. The largest absolute Gasteiger partial charge is 0.400 e. The smallest absolute Gasteiger partial charge is 0.136 e. The Bertz CT molecular complexity index is 278. The summed E-state index contributed by atoms with van der Waals surface area (Å²) in [5.74, 6) is 0. The first kappa shape index (κ1) is 41.5. The van der Waals surface area contributed by atoms with Crippen molar-refractivity contribution in [3.05, 3.63) is 0 Å². The van der Waals surface area contributed by atoms with Crippen LogP contribution in [0.2, 0.25) is 0 Å². The number of rotatable bonds is 19. The highest BCUT2D eigenvalue weighted by atomic mass is 16.2. The quantitative estimate of drug-likeness (QED) is 0.144. The molecule has 5 heteroatoms. The molecule has 0 saturated carbocycles. The zero-order chi connectivity index (χ0) is 25.7. The van der Waals surface area contributed by atoms with Gasteiger partial charge in [0.2, 0.25) is 0 Å². The van der Waals surface area contributed by atoms with Crippen molar-refractivity contribution in [2.45, 2.75) is 143 Å². The maximum absolute atomic E-state index is 10.1. The van der Waals surface area contributed by atoms with E-state index in [0.717, 1.165) is 45.5 Å². The molecule has 0 aromatic heterocycles. The molecular weight excluding hydrogens is 400 g/mol. The number of carbonyl (C=O) groups is 2. The zero-order valence-corrected chi connectivity index (χ0v) is 23.1. The van der Waals surface area contributed by atoms with Crippen molar-refractivity contribution in [3.8, 4) is 0 Å². The van der Waals surface area contributed by atoms with Gasteiger partial charge in [-0.25, -0.2) is 0 Å². The van der Waals surface area contributed by atoms with E-state index in [1.165, 1.54) is 83.5 Å². The number of carbonyl (C=O) groups excluding carboxylic acids is 2. The monoisotopic (exact) mass is 462 g/mol. The molecule has 0 aliphatic carbocycles. The number of aliphatic hydroxyl groups is 1. The summed E-state index contributed by atoms with van der Waals surface area (Å²) in [6.45, 7) is 11.1. The Morgan fingerprint density at radius 3 is 1.34 bits per heavy atom. The predicted molar refractivity (Wildman–Crippen MR) is 144 cm³/mol. The van der Waals surface area contributed by atoms with E-state index in [9.17, 15) is 9.59 Å². The molecule has 0 saturated heterocycles. The third-order valence-corrected chi connectivity index (χ3v) is 4.58. The van der Waals surface area contributed by atoms with Gasteiger partial charge in [0.15, 0.2) is 0 Å². The summed E-state index contributed by atoms with van der Waals surface area (Å²) >= 11 is 0. The van der Waals surface area contributed by atoms with Crippen LogP contribution in [0.5, 0.6) is 0 Å². The van der Waals surface area contributed by atoms with Gasteiger partial charge in [-0.15, -0.1) is 0 Å². The molecule has 5 nitrogen and oxygen atoms in total. The lowest BCUT2D eigenvalue weighted by atomic mass is 10.0. The molecule has 0 bridgehead atoms. The van der Waals surface area contributed by atoms with Crippen LogP contribution in [0.1, 0.15) is 137 Å². The molecule has 4 N–H and O–H groups in total. The summed E-state index contributed by atoms with van der Waals surface area (Å²) in [5, 5.41) is 9.89. The third kappa shape index (κ3) is 56.9. The molecule has 1 unspecified atom stereocenters. The molecule has 1 atom stereocenters. The maximum atomic E-state index is 10.1. The first-order valence-corrected chi connectivity index (χ1v) is 13.5. The van der Waals surface area contributed by atoms with E-state index in [-0.39, 0.29) is 6.04 Å². The predicted octanol–water partition coefficient (Wildman–Crippen LogP) is 6.84. The maximum Gasteiger partial charge on any atom is 0.136 e.